The Morgan fingerprint density at radius 1 is 0.452 bits per heavy atom. The highest BCUT2D eigenvalue weighted by Crippen LogP contribution is 2.38. The molecule has 0 spiro atoms. The van der Waals surface area contributed by atoms with Crippen LogP contribution in [0.15, 0.2) is 60.7 Å². The van der Waals surface area contributed by atoms with Crippen LogP contribution in [-0.2, 0) is 0 Å². The molecule has 0 amide bonds. The molecule has 0 N–H and O–H groups in total. The summed E-state index contributed by atoms with van der Waals surface area (Å²) in [4.78, 5) is 2.41. The van der Waals surface area contributed by atoms with Crippen molar-refractivity contribution in [3.63, 3.8) is 0 Å². The number of thiophene rings is 2. The molecule has 212 valence electrons. The summed E-state index contributed by atoms with van der Waals surface area (Å²) >= 11 is 3.69. The molecule has 6 aromatic rings. The summed E-state index contributed by atoms with van der Waals surface area (Å²) < 4.78 is 2.66. The van der Waals surface area contributed by atoms with Crippen molar-refractivity contribution in [1.82, 2.24) is 0 Å². The minimum atomic E-state index is -1.46. The Bertz CT molecular complexity index is 1910. The average molecular weight is 617 g/mol. The number of benzene rings is 4. The van der Waals surface area contributed by atoms with Gasteiger partial charge in [-0.1, -0.05) is 77.6 Å². The van der Waals surface area contributed by atoms with Crippen LogP contribution >= 0.6 is 22.7 Å². The van der Waals surface area contributed by atoms with Crippen LogP contribution in [0, 0.1) is 22.9 Å². The summed E-state index contributed by atoms with van der Waals surface area (Å²) in [5.41, 5.74) is 7.57. The van der Waals surface area contributed by atoms with Crippen LogP contribution < -0.4 is 0 Å². The van der Waals surface area contributed by atoms with E-state index in [0.717, 1.165) is 0 Å². The minimum absolute atomic E-state index is 1.21. The molecule has 0 aliphatic heterocycles. The molecule has 2 aromatic heterocycles. The molecule has 0 aliphatic carbocycles. The number of fused-ring (bicyclic) bond motifs is 7. The van der Waals surface area contributed by atoms with Gasteiger partial charge >= 0.3 is 0 Å². The smallest absolute Gasteiger partial charge is 0.127 e. The van der Waals surface area contributed by atoms with Gasteiger partial charge in [-0.3, -0.25) is 0 Å². The summed E-state index contributed by atoms with van der Waals surface area (Å²) in [7, 11) is -2.91. The van der Waals surface area contributed by atoms with E-state index in [4.69, 9.17) is 0 Å². The Morgan fingerprint density at radius 3 is 1.19 bits per heavy atom. The van der Waals surface area contributed by atoms with E-state index < -0.39 is 16.1 Å². The normalized spacial score (nSPS) is 12.2. The molecule has 0 saturated carbocycles. The lowest BCUT2D eigenvalue weighted by atomic mass is 9.96. The molecule has 2 heterocycles. The second-order valence-electron chi connectivity index (χ2n) is 11.9. The Kier molecular flexibility index (Phi) is 8.12. The molecule has 0 radical (unpaired) electrons. The fourth-order valence-electron chi connectivity index (χ4n) is 6.48. The third-order valence-electron chi connectivity index (χ3n) is 10.1. The summed E-state index contributed by atoms with van der Waals surface area (Å²) in [5, 5.41) is 10.5. The molecular formula is C38H40S2Si2. The lowest BCUT2D eigenvalue weighted by molar-refractivity contribution is 1.20. The van der Waals surface area contributed by atoms with Crippen molar-refractivity contribution in [2.24, 2.45) is 0 Å². The van der Waals surface area contributed by atoms with Crippen LogP contribution in [0.5, 0.6) is 0 Å². The van der Waals surface area contributed by atoms with E-state index in [1.807, 2.05) is 22.7 Å². The topological polar surface area (TPSA) is 0 Å². The second kappa shape index (κ2) is 11.7. The van der Waals surface area contributed by atoms with Gasteiger partial charge in [-0.25, -0.2) is 0 Å². The van der Waals surface area contributed by atoms with Crippen LogP contribution in [0.2, 0.25) is 36.3 Å². The van der Waals surface area contributed by atoms with E-state index in [9.17, 15) is 0 Å². The SMILES string of the molecule is CC[Si](C#Cc1cc2cc3c(ccc4c5cc6cc(C#C[Si](CC)(CC)CC)sc6cc5ccc34)cc2s1)(CC)CC. The van der Waals surface area contributed by atoms with Crippen molar-refractivity contribution in [2.75, 3.05) is 0 Å². The van der Waals surface area contributed by atoms with Gasteiger partial charge in [0.15, 0.2) is 0 Å². The molecule has 42 heavy (non-hydrogen) atoms. The average Bonchev–Trinajstić information content (AvgIpc) is 3.63. The van der Waals surface area contributed by atoms with Gasteiger partial charge in [-0.15, -0.1) is 33.8 Å². The Hall–Kier alpha value is -2.87. The highest BCUT2D eigenvalue weighted by Gasteiger charge is 2.25. The van der Waals surface area contributed by atoms with Crippen LogP contribution in [0.1, 0.15) is 51.3 Å². The van der Waals surface area contributed by atoms with E-state index in [1.54, 1.807) is 0 Å². The molecule has 0 saturated heterocycles. The largest absolute Gasteiger partial charge is 0.138 e. The van der Waals surface area contributed by atoms with Gasteiger partial charge in [0, 0.05) is 9.40 Å². The van der Waals surface area contributed by atoms with Crippen molar-refractivity contribution in [3.05, 3.63) is 70.4 Å². The lowest BCUT2D eigenvalue weighted by Gasteiger charge is -2.19. The quantitative estimate of drug-likeness (QED) is 0.0992. The summed E-state index contributed by atoms with van der Waals surface area (Å²) in [5.74, 6) is 7.23. The van der Waals surface area contributed by atoms with Gasteiger partial charge in [0.1, 0.15) is 16.1 Å². The van der Waals surface area contributed by atoms with Gasteiger partial charge < -0.3 is 0 Å². The fraction of sp³-hybridized carbons (Fsp3) is 0.316. The minimum Gasteiger partial charge on any atom is -0.127 e. The molecule has 0 nitrogen and oxygen atoms in total. The van der Waals surface area contributed by atoms with E-state index >= 15 is 0 Å². The first-order valence-electron chi connectivity index (χ1n) is 15.7. The predicted octanol–water partition coefficient (Wildman–Crippen LogP) is 12.4. The number of hydrogen-bond acceptors (Lipinski definition) is 2. The number of hydrogen-bond donors (Lipinski definition) is 0. The zero-order valence-electron chi connectivity index (χ0n) is 25.8. The molecule has 0 aliphatic rings. The van der Waals surface area contributed by atoms with Gasteiger partial charge in [-0.05, 0) is 116 Å². The maximum atomic E-state index is 3.78. The first-order chi connectivity index (χ1) is 20.4. The van der Waals surface area contributed by atoms with Crippen molar-refractivity contribution in [1.29, 1.82) is 0 Å². The predicted molar refractivity (Wildman–Crippen MR) is 198 cm³/mol. The van der Waals surface area contributed by atoms with Crippen molar-refractivity contribution >= 4 is 91.3 Å². The van der Waals surface area contributed by atoms with E-state index in [2.05, 4.69) is 125 Å². The monoisotopic (exact) mass is 616 g/mol. The van der Waals surface area contributed by atoms with E-state index in [-0.39, 0.29) is 0 Å². The third kappa shape index (κ3) is 5.14. The lowest BCUT2D eigenvalue weighted by Crippen LogP contribution is -2.29. The Morgan fingerprint density at radius 2 is 0.833 bits per heavy atom. The second-order valence-corrected chi connectivity index (χ2v) is 23.9. The zero-order valence-corrected chi connectivity index (χ0v) is 29.5. The molecule has 0 bridgehead atoms. The highest BCUT2D eigenvalue weighted by molar-refractivity contribution is 7.20. The van der Waals surface area contributed by atoms with Crippen molar-refractivity contribution in [2.45, 2.75) is 77.8 Å². The standard InChI is InChI=1S/C38H40S2Si2/c1-7-41(8-2,9-3)19-17-31-21-29-23-35-27(25-37(29)39-31)13-15-34-33(35)16-14-28-26-38-30(24-36(28)34)22-32(40-38)18-20-42(10-4,11-5)12-6/h13-16,21-26H,7-12H2,1-6H3. The zero-order chi connectivity index (χ0) is 29.5. The van der Waals surface area contributed by atoms with Gasteiger partial charge in [0.2, 0.25) is 0 Å². The van der Waals surface area contributed by atoms with E-state index in [0.29, 0.717) is 0 Å². The van der Waals surface area contributed by atoms with Crippen LogP contribution in [-0.4, -0.2) is 16.1 Å². The Labute approximate surface area is 261 Å². The first kappa shape index (κ1) is 29.2. The van der Waals surface area contributed by atoms with E-state index in [1.165, 1.54) is 98.5 Å². The van der Waals surface area contributed by atoms with Crippen LogP contribution in [0.4, 0.5) is 0 Å². The summed E-state index contributed by atoms with van der Waals surface area (Å²) in [6, 6.07) is 30.9. The number of rotatable bonds is 6. The molecule has 6 rings (SSSR count). The first-order valence-corrected chi connectivity index (χ1v) is 22.6. The fourth-order valence-corrected chi connectivity index (χ4v) is 13.4. The van der Waals surface area contributed by atoms with Gasteiger partial charge in [0.05, 0.1) is 9.75 Å². The summed E-state index contributed by atoms with van der Waals surface area (Å²) in [6.07, 6.45) is 0. The molecule has 4 heteroatoms. The molecule has 0 atom stereocenters. The molecule has 0 unspecified atom stereocenters. The third-order valence-corrected chi connectivity index (χ3v) is 21.5. The summed E-state index contributed by atoms with van der Waals surface area (Å²) in [6.45, 7) is 14.0. The van der Waals surface area contributed by atoms with Gasteiger partial charge in [-0.2, -0.15) is 0 Å². The molecular weight excluding hydrogens is 577 g/mol. The maximum Gasteiger partial charge on any atom is 0.138 e. The Balaban J connectivity index is 1.45. The maximum absolute atomic E-state index is 3.78. The van der Waals surface area contributed by atoms with Crippen molar-refractivity contribution < 1.29 is 0 Å². The van der Waals surface area contributed by atoms with Crippen LogP contribution in [0.3, 0.4) is 0 Å². The van der Waals surface area contributed by atoms with Gasteiger partial charge in [0.25, 0.3) is 0 Å². The van der Waals surface area contributed by atoms with Crippen LogP contribution in [0.25, 0.3) is 52.5 Å². The highest BCUT2D eigenvalue weighted by atomic mass is 32.1. The molecule has 4 aromatic carbocycles. The molecule has 0 fully saturated rings. The van der Waals surface area contributed by atoms with Crippen molar-refractivity contribution in [3.8, 4) is 22.9 Å².